The average molecular weight is 500 g/mol. The van der Waals surface area contributed by atoms with Gasteiger partial charge in [-0.25, -0.2) is 4.39 Å². The Hall–Kier alpha value is 0.250. The van der Waals surface area contributed by atoms with E-state index in [1.54, 1.807) is 17.4 Å². The van der Waals surface area contributed by atoms with Crippen molar-refractivity contribution in [2.45, 2.75) is 25.8 Å². The van der Waals surface area contributed by atoms with Gasteiger partial charge in [0.05, 0.1) is 7.57 Å². The molecular weight excluding hydrogens is 485 g/mol. The van der Waals surface area contributed by atoms with Crippen LogP contribution >= 0.6 is 59.1 Å². The molecule has 0 spiro atoms. The summed E-state index contributed by atoms with van der Waals surface area (Å²) in [4.78, 5) is 0. The van der Waals surface area contributed by atoms with Crippen LogP contribution in [0.25, 0.3) is 0 Å². The molecule has 0 saturated heterocycles. The molecule has 0 bridgehead atoms. The van der Waals surface area contributed by atoms with Gasteiger partial charge in [0.1, 0.15) is 5.82 Å². The minimum Gasteiger partial charge on any atom is -0.310 e. The van der Waals surface area contributed by atoms with E-state index in [-0.39, 0.29) is 11.9 Å². The first-order valence-corrected chi connectivity index (χ1v) is 9.82. The van der Waals surface area contributed by atoms with Crippen LogP contribution in [0.5, 0.6) is 0 Å². The third-order valence-corrected chi connectivity index (χ3v) is 5.90. The zero-order valence-electron chi connectivity index (χ0n) is 11.4. The topological polar surface area (TPSA) is 12.0 Å². The number of thiophene rings is 1. The maximum Gasteiger partial charge on any atom is 0.124 e. The lowest BCUT2D eigenvalue weighted by Crippen LogP contribution is -2.24. The van der Waals surface area contributed by atoms with Crippen LogP contribution in [0.3, 0.4) is 0 Å². The summed E-state index contributed by atoms with van der Waals surface area (Å²) in [7, 11) is 0. The van der Waals surface area contributed by atoms with Gasteiger partial charge in [-0.15, -0.1) is 11.3 Å². The van der Waals surface area contributed by atoms with Gasteiger partial charge in [0.25, 0.3) is 0 Å². The quantitative estimate of drug-likeness (QED) is 0.481. The van der Waals surface area contributed by atoms with E-state index < -0.39 is 0 Å². The molecule has 114 valence electrons. The van der Waals surface area contributed by atoms with Crippen LogP contribution in [0.15, 0.2) is 36.3 Å². The molecular formula is C15H15Br3FNS. The van der Waals surface area contributed by atoms with Gasteiger partial charge >= 0.3 is 0 Å². The summed E-state index contributed by atoms with van der Waals surface area (Å²) in [6.07, 6.45) is 1.81. The van der Waals surface area contributed by atoms with Crippen molar-refractivity contribution in [3.8, 4) is 0 Å². The predicted octanol–water partition coefficient (Wildman–Crippen LogP) is 6.46. The first-order chi connectivity index (χ1) is 9.99. The van der Waals surface area contributed by atoms with Gasteiger partial charge in [-0.05, 0) is 86.6 Å². The summed E-state index contributed by atoms with van der Waals surface area (Å²) in [5.41, 5.74) is 2.19. The van der Waals surface area contributed by atoms with Crippen molar-refractivity contribution in [3.63, 3.8) is 0 Å². The normalized spacial score (nSPS) is 12.6. The summed E-state index contributed by atoms with van der Waals surface area (Å²) < 4.78 is 16.5. The van der Waals surface area contributed by atoms with Gasteiger partial charge in [-0.1, -0.05) is 22.9 Å². The van der Waals surface area contributed by atoms with Gasteiger partial charge in [0, 0.05) is 10.5 Å². The molecule has 0 aliphatic carbocycles. The third-order valence-electron chi connectivity index (χ3n) is 3.06. The SMILES string of the molecule is CCCNC(Cc1cc(F)cc(Br)c1)c1cc(Br)sc1Br. The second kappa shape index (κ2) is 8.20. The lowest BCUT2D eigenvalue weighted by molar-refractivity contribution is 0.527. The molecule has 2 rings (SSSR count). The summed E-state index contributed by atoms with van der Waals surface area (Å²) in [5.74, 6) is -0.209. The summed E-state index contributed by atoms with van der Waals surface area (Å²) in [6.45, 7) is 3.07. The van der Waals surface area contributed by atoms with Gasteiger partial charge in [0.15, 0.2) is 0 Å². The Labute approximate surface area is 153 Å². The van der Waals surface area contributed by atoms with Gasteiger partial charge in [0.2, 0.25) is 0 Å². The highest BCUT2D eigenvalue weighted by Crippen LogP contribution is 2.36. The molecule has 0 amide bonds. The van der Waals surface area contributed by atoms with Gasteiger partial charge in [-0.3, -0.25) is 0 Å². The molecule has 21 heavy (non-hydrogen) atoms. The van der Waals surface area contributed by atoms with E-state index in [1.165, 1.54) is 11.6 Å². The zero-order valence-corrected chi connectivity index (χ0v) is 17.0. The molecule has 0 radical (unpaired) electrons. The van der Waals surface area contributed by atoms with Crippen LogP contribution in [0, 0.1) is 5.82 Å². The van der Waals surface area contributed by atoms with Crippen LogP contribution in [-0.2, 0) is 6.42 Å². The van der Waals surface area contributed by atoms with Crippen LogP contribution in [0.1, 0.15) is 30.5 Å². The standard InChI is InChI=1S/C15H15Br3FNS/c1-2-3-20-13(12-8-14(17)21-15(12)18)6-9-4-10(16)7-11(19)5-9/h4-5,7-8,13,20H,2-3,6H2,1H3. The highest BCUT2D eigenvalue weighted by atomic mass is 79.9. The molecule has 0 saturated carbocycles. The molecule has 1 heterocycles. The van der Waals surface area contributed by atoms with E-state index >= 15 is 0 Å². The van der Waals surface area contributed by atoms with E-state index in [0.717, 1.165) is 37.0 Å². The molecule has 1 unspecified atom stereocenters. The van der Waals surface area contributed by atoms with Crippen molar-refractivity contribution in [1.29, 1.82) is 0 Å². The summed E-state index contributed by atoms with van der Waals surface area (Å²) in [5, 5.41) is 3.55. The Balaban J connectivity index is 2.25. The second-order valence-electron chi connectivity index (χ2n) is 4.77. The molecule has 1 aromatic carbocycles. The zero-order chi connectivity index (χ0) is 15.4. The second-order valence-corrected chi connectivity index (χ2v) is 9.43. The fourth-order valence-corrected chi connectivity index (χ4v) is 5.65. The Morgan fingerprint density at radius 1 is 1.19 bits per heavy atom. The van der Waals surface area contributed by atoms with Crippen LogP contribution in [-0.4, -0.2) is 6.54 Å². The fourth-order valence-electron chi connectivity index (χ4n) is 2.17. The lowest BCUT2D eigenvalue weighted by Gasteiger charge is -2.19. The summed E-state index contributed by atoms with van der Waals surface area (Å²) in [6, 6.07) is 7.33. The van der Waals surface area contributed by atoms with Crippen LogP contribution < -0.4 is 5.32 Å². The number of benzene rings is 1. The van der Waals surface area contributed by atoms with Crippen molar-refractivity contribution < 1.29 is 4.39 Å². The third kappa shape index (κ3) is 5.13. The van der Waals surface area contributed by atoms with Gasteiger partial charge < -0.3 is 5.32 Å². The Morgan fingerprint density at radius 3 is 2.52 bits per heavy atom. The van der Waals surface area contributed by atoms with Crippen molar-refractivity contribution >= 4 is 59.1 Å². The predicted molar refractivity (Wildman–Crippen MR) is 98.6 cm³/mol. The maximum atomic E-state index is 13.6. The number of rotatable bonds is 6. The number of hydrogen-bond donors (Lipinski definition) is 1. The molecule has 1 nitrogen and oxygen atoms in total. The summed E-state index contributed by atoms with van der Waals surface area (Å²) >= 11 is 12.2. The van der Waals surface area contributed by atoms with E-state index in [4.69, 9.17) is 0 Å². The van der Waals surface area contributed by atoms with E-state index in [0.29, 0.717) is 0 Å². The number of nitrogens with one attached hydrogen (secondary N) is 1. The molecule has 2 aromatic rings. The van der Waals surface area contributed by atoms with Crippen molar-refractivity contribution in [2.24, 2.45) is 0 Å². The van der Waals surface area contributed by atoms with E-state index in [2.05, 4.69) is 66.1 Å². The molecule has 1 atom stereocenters. The molecule has 0 aliphatic heterocycles. The highest BCUT2D eigenvalue weighted by Gasteiger charge is 2.17. The van der Waals surface area contributed by atoms with Gasteiger partial charge in [-0.2, -0.15) is 0 Å². The number of halogens is 4. The van der Waals surface area contributed by atoms with E-state index in [9.17, 15) is 4.39 Å². The van der Waals surface area contributed by atoms with Crippen molar-refractivity contribution in [2.75, 3.05) is 6.54 Å². The lowest BCUT2D eigenvalue weighted by atomic mass is 10.0. The molecule has 0 aliphatic rings. The first-order valence-electron chi connectivity index (χ1n) is 6.62. The Morgan fingerprint density at radius 2 is 1.95 bits per heavy atom. The van der Waals surface area contributed by atoms with Crippen molar-refractivity contribution in [1.82, 2.24) is 5.32 Å². The largest absolute Gasteiger partial charge is 0.310 e. The van der Waals surface area contributed by atoms with Crippen LogP contribution in [0.4, 0.5) is 4.39 Å². The van der Waals surface area contributed by atoms with Crippen LogP contribution in [0.2, 0.25) is 0 Å². The average Bonchev–Trinajstić information content (AvgIpc) is 2.72. The highest BCUT2D eigenvalue weighted by molar-refractivity contribution is 9.12. The molecule has 1 N–H and O–H groups in total. The van der Waals surface area contributed by atoms with Crippen molar-refractivity contribution in [3.05, 3.63) is 53.3 Å². The maximum absolute atomic E-state index is 13.6. The molecule has 0 fully saturated rings. The minimum absolute atomic E-state index is 0.163. The number of hydrogen-bond acceptors (Lipinski definition) is 2. The monoisotopic (exact) mass is 497 g/mol. The molecule has 1 aromatic heterocycles. The fraction of sp³-hybridized carbons (Fsp3) is 0.333. The molecule has 6 heteroatoms. The Bertz CT molecular complexity index is 595. The smallest absolute Gasteiger partial charge is 0.124 e. The minimum atomic E-state index is -0.209. The Kier molecular flexibility index (Phi) is 6.87. The van der Waals surface area contributed by atoms with E-state index in [1.807, 2.05) is 6.07 Å². The first kappa shape index (κ1) is 17.6.